The average Bonchev–Trinajstić information content (AvgIpc) is 2.38. The summed E-state index contributed by atoms with van der Waals surface area (Å²) < 4.78 is 26.5. The van der Waals surface area contributed by atoms with Crippen LogP contribution < -0.4 is 11.1 Å². The lowest BCUT2D eigenvalue weighted by Gasteiger charge is -2.10. The highest BCUT2D eigenvalue weighted by Crippen LogP contribution is 2.14. The van der Waals surface area contributed by atoms with E-state index >= 15 is 0 Å². The van der Waals surface area contributed by atoms with Crippen LogP contribution in [0.2, 0.25) is 0 Å². The molecule has 0 aromatic heterocycles. The Hall–Kier alpha value is -1.49. The van der Waals surface area contributed by atoms with E-state index in [9.17, 15) is 13.6 Å². The maximum absolute atomic E-state index is 13.5. The molecule has 1 aromatic carbocycles. The van der Waals surface area contributed by atoms with Crippen molar-refractivity contribution in [2.75, 3.05) is 13.1 Å². The van der Waals surface area contributed by atoms with E-state index in [4.69, 9.17) is 5.73 Å². The first kappa shape index (κ1) is 15.6. The number of benzene rings is 1. The average molecular weight is 270 g/mol. The van der Waals surface area contributed by atoms with Crippen LogP contribution in [0.4, 0.5) is 8.78 Å². The molecule has 0 aliphatic rings. The van der Waals surface area contributed by atoms with Crippen molar-refractivity contribution >= 4 is 5.91 Å². The highest BCUT2D eigenvalue weighted by Gasteiger charge is 2.14. The predicted molar refractivity (Wildman–Crippen MR) is 70.9 cm³/mol. The number of rotatable bonds is 6. The van der Waals surface area contributed by atoms with Crippen molar-refractivity contribution in [2.24, 2.45) is 11.7 Å². The molecule has 1 amide bonds. The standard InChI is InChI=1S/C14H20F2N2O/c1-9(8-17)4-3-5-18-14(19)11-6-10(2)12(15)7-13(11)16/h6-7,9H,3-5,8,17H2,1-2H3,(H,18,19). The van der Waals surface area contributed by atoms with Gasteiger partial charge in [0, 0.05) is 12.6 Å². The van der Waals surface area contributed by atoms with Crippen LogP contribution in [0, 0.1) is 24.5 Å². The Morgan fingerprint density at radius 3 is 2.68 bits per heavy atom. The van der Waals surface area contributed by atoms with E-state index in [2.05, 4.69) is 5.32 Å². The Morgan fingerprint density at radius 2 is 2.05 bits per heavy atom. The van der Waals surface area contributed by atoms with Crippen LogP contribution in [0.25, 0.3) is 0 Å². The molecule has 106 valence electrons. The van der Waals surface area contributed by atoms with E-state index in [1.54, 1.807) is 0 Å². The Kier molecular flexibility index (Phi) is 5.89. The first-order valence-corrected chi connectivity index (χ1v) is 6.39. The second kappa shape index (κ2) is 7.19. The van der Waals surface area contributed by atoms with Crippen molar-refractivity contribution in [1.29, 1.82) is 0 Å². The summed E-state index contributed by atoms with van der Waals surface area (Å²) in [5.74, 6) is -1.59. The van der Waals surface area contributed by atoms with Crippen molar-refractivity contribution in [1.82, 2.24) is 5.32 Å². The molecule has 0 radical (unpaired) electrons. The highest BCUT2D eigenvalue weighted by atomic mass is 19.1. The molecule has 0 fully saturated rings. The van der Waals surface area contributed by atoms with Gasteiger partial charge in [-0.2, -0.15) is 0 Å². The quantitative estimate of drug-likeness (QED) is 0.780. The van der Waals surface area contributed by atoms with Crippen LogP contribution in [0.5, 0.6) is 0 Å². The maximum Gasteiger partial charge on any atom is 0.254 e. The SMILES string of the molecule is Cc1cc(C(=O)NCCCC(C)CN)c(F)cc1F. The third-order valence-corrected chi connectivity index (χ3v) is 3.05. The Labute approximate surface area is 112 Å². The number of halogens is 2. The van der Waals surface area contributed by atoms with E-state index in [0.29, 0.717) is 19.0 Å². The highest BCUT2D eigenvalue weighted by molar-refractivity contribution is 5.94. The van der Waals surface area contributed by atoms with Crippen LogP contribution >= 0.6 is 0 Å². The molecule has 1 aromatic rings. The molecule has 0 spiro atoms. The number of hydrogen-bond donors (Lipinski definition) is 2. The second-order valence-corrected chi connectivity index (χ2v) is 4.82. The third kappa shape index (κ3) is 4.59. The van der Waals surface area contributed by atoms with Crippen molar-refractivity contribution < 1.29 is 13.6 Å². The first-order valence-electron chi connectivity index (χ1n) is 6.39. The minimum atomic E-state index is -0.837. The minimum Gasteiger partial charge on any atom is -0.352 e. The first-order chi connectivity index (χ1) is 8.95. The van der Waals surface area contributed by atoms with Crippen LogP contribution in [0.1, 0.15) is 35.7 Å². The summed E-state index contributed by atoms with van der Waals surface area (Å²) in [6.45, 7) is 4.60. The zero-order valence-electron chi connectivity index (χ0n) is 11.3. The number of amides is 1. The number of nitrogens with one attached hydrogen (secondary N) is 1. The molecule has 1 atom stereocenters. The van der Waals surface area contributed by atoms with Crippen molar-refractivity contribution in [3.63, 3.8) is 0 Å². The number of hydrogen-bond acceptors (Lipinski definition) is 2. The molecule has 0 heterocycles. The van der Waals surface area contributed by atoms with E-state index in [1.807, 2.05) is 6.92 Å². The summed E-state index contributed by atoms with van der Waals surface area (Å²) in [6.07, 6.45) is 1.69. The summed E-state index contributed by atoms with van der Waals surface area (Å²) >= 11 is 0. The normalized spacial score (nSPS) is 12.3. The largest absolute Gasteiger partial charge is 0.352 e. The maximum atomic E-state index is 13.5. The van der Waals surface area contributed by atoms with Gasteiger partial charge in [0.2, 0.25) is 0 Å². The zero-order valence-corrected chi connectivity index (χ0v) is 11.3. The summed E-state index contributed by atoms with van der Waals surface area (Å²) in [6, 6.07) is 1.96. The fraction of sp³-hybridized carbons (Fsp3) is 0.500. The van der Waals surface area contributed by atoms with Gasteiger partial charge >= 0.3 is 0 Å². The molecule has 5 heteroatoms. The summed E-state index contributed by atoms with van der Waals surface area (Å²) in [5.41, 5.74) is 5.62. The number of carbonyl (C=O) groups excluding carboxylic acids is 1. The summed E-state index contributed by atoms with van der Waals surface area (Å²) in [4.78, 5) is 11.7. The summed E-state index contributed by atoms with van der Waals surface area (Å²) in [5, 5.41) is 2.62. The molecule has 0 saturated heterocycles. The Morgan fingerprint density at radius 1 is 1.37 bits per heavy atom. The molecule has 0 bridgehead atoms. The van der Waals surface area contributed by atoms with Crippen LogP contribution in [0.3, 0.4) is 0 Å². The van der Waals surface area contributed by atoms with Gasteiger partial charge in [0.25, 0.3) is 5.91 Å². The van der Waals surface area contributed by atoms with Gasteiger partial charge in [-0.1, -0.05) is 6.92 Å². The minimum absolute atomic E-state index is 0.120. The van der Waals surface area contributed by atoms with Gasteiger partial charge in [0.05, 0.1) is 5.56 Å². The fourth-order valence-electron chi connectivity index (χ4n) is 1.70. The van der Waals surface area contributed by atoms with Gasteiger partial charge in [0.15, 0.2) is 0 Å². The van der Waals surface area contributed by atoms with Crippen molar-refractivity contribution in [3.8, 4) is 0 Å². The molecule has 0 saturated carbocycles. The van der Waals surface area contributed by atoms with Gasteiger partial charge in [0.1, 0.15) is 11.6 Å². The molecule has 0 aliphatic heterocycles. The van der Waals surface area contributed by atoms with E-state index in [1.165, 1.54) is 13.0 Å². The van der Waals surface area contributed by atoms with Gasteiger partial charge in [-0.05, 0) is 43.9 Å². The third-order valence-electron chi connectivity index (χ3n) is 3.05. The van der Waals surface area contributed by atoms with Gasteiger partial charge < -0.3 is 11.1 Å². The molecule has 1 rings (SSSR count). The van der Waals surface area contributed by atoms with E-state index < -0.39 is 17.5 Å². The number of nitrogens with two attached hydrogens (primary N) is 1. The molecule has 0 aliphatic carbocycles. The van der Waals surface area contributed by atoms with Crippen molar-refractivity contribution in [2.45, 2.75) is 26.7 Å². The number of aryl methyl sites for hydroxylation is 1. The lowest BCUT2D eigenvalue weighted by Crippen LogP contribution is -2.26. The molecular weight excluding hydrogens is 250 g/mol. The van der Waals surface area contributed by atoms with Gasteiger partial charge in [-0.15, -0.1) is 0 Å². The molecule has 1 unspecified atom stereocenters. The number of carbonyl (C=O) groups is 1. The van der Waals surface area contributed by atoms with Crippen LogP contribution in [-0.4, -0.2) is 19.0 Å². The molecule has 3 N–H and O–H groups in total. The van der Waals surface area contributed by atoms with Crippen molar-refractivity contribution in [3.05, 3.63) is 34.9 Å². The smallest absolute Gasteiger partial charge is 0.254 e. The molecule has 3 nitrogen and oxygen atoms in total. The lowest BCUT2D eigenvalue weighted by molar-refractivity contribution is 0.0948. The monoisotopic (exact) mass is 270 g/mol. The van der Waals surface area contributed by atoms with Gasteiger partial charge in [-0.25, -0.2) is 8.78 Å². The van der Waals surface area contributed by atoms with Crippen LogP contribution in [-0.2, 0) is 0 Å². The van der Waals surface area contributed by atoms with Crippen LogP contribution in [0.15, 0.2) is 12.1 Å². The van der Waals surface area contributed by atoms with E-state index in [-0.39, 0.29) is 11.1 Å². The summed E-state index contributed by atoms with van der Waals surface area (Å²) in [7, 11) is 0. The fourth-order valence-corrected chi connectivity index (χ4v) is 1.70. The molecular formula is C14H20F2N2O. The topological polar surface area (TPSA) is 55.1 Å². The zero-order chi connectivity index (χ0) is 14.4. The Balaban J connectivity index is 2.52. The lowest BCUT2D eigenvalue weighted by atomic mass is 10.1. The molecule has 19 heavy (non-hydrogen) atoms. The van der Waals surface area contributed by atoms with Gasteiger partial charge in [-0.3, -0.25) is 4.79 Å². The second-order valence-electron chi connectivity index (χ2n) is 4.82. The van der Waals surface area contributed by atoms with E-state index in [0.717, 1.165) is 18.9 Å². The predicted octanol–water partition coefficient (Wildman–Crippen LogP) is 2.38. The Bertz CT molecular complexity index is 449.